The smallest absolute Gasteiger partial charge is 0.0141 e. The molecule has 0 saturated carbocycles. The molecule has 2 heterocycles. The quantitative estimate of drug-likeness (QED) is 0.645. The van der Waals surface area contributed by atoms with E-state index in [4.69, 9.17) is 0 Å². The maximum absolute atomic E-state index is 2.50. The van der Waals surface area contributed by atoms with E-state index in [1.54, 1.807) is 5.30 Å². The van der Waals surface area contributed by atoms with Crippen LogP contribution in [0, 0.1) is 11.8 Å². The number of hydrogen-bond donors (Lipinski definition) is 0. The van der Waals surface area contributed by atoms with Crippen LogP contribution < -0.4 is 5.30 Å². The largest absolute Gasteiger partial charge is 0.0684 e. The van der Waals surface area contributed by atoms with Crippen LogP contribution in [0.25, 0.3) is 0 Å². The van der Waals surface area contributed by atoms with Crippen LogP contribution in [0.4, 0.5) is 0 Å². The second kappa shape index (κ2) is 4.73. The molecule has 0 N–H and O–H groups in total. The molecule has 0 unspecified atom stereocenters. The summed E-state index contributed by atoms with van der Waals surface area (Å²) in [7, 11) is 0.117. The first-order chi connectivity index (χ1) is 8.27. The Morgan fingerprint density at radius 1 is 0.824 bits per heavy atom. The van der Waals surface area contributed by atoms with Crippen molar-refractivity contribution in [3.05, 3.63) is 30.3 Å². The SMILES string of the molecule is C[C@@H]1CC[C@H]2[C@H](C)CC[C@@H]1P2c1ccccc1. The lowest BCUT2D eigenvalue weighted by atomic mass is 9.85. The van der Waals surface area contributed by atoms with Crippen molar-refractivity contribution in [3.8, 4) is 0 Å². The lowest BCUT2D eigenvalue weighted by molar-refractivity contribution is 0.327. The Hall–Kier alpha value is -0.350. The molecule has 1 aromatic rings. The molecule has 1 aromatic carbocycles. The number of hydrogen-bond acceptors (Lipinski definition) is 0. The third kappa shape index (κ3) is 2.06. The highest BCUT2D eigenvalue weighted by Gasteiger charge is 2.43. The zero-order valence-corrected chi connectivity index (χ0v) is 11.9. The highest BCUT2D eigenvalue weighted by molar-refractivity contribution is 7.67. The summed E-state index contributed by atoms with van der Waals surface area (Å²) in [5, 5.41) is 1.68. The highest BCUT2D eigenvalue weighted by Crippen LogP contribution is 2.61. The van der Waals surface area contributed by atoms with Crippen molar-refractivity contribution in [3.63, 3.8) is 0 Å². The van der Waals surface area contributed by atoms with E-state index in [2.05, 4.69) is 44.2 Å². The van der Waals surface area contributed by atoms with Gasteiger partial charge in [0.15, 0.2) is 0 Å². The molecule has 2 saturated heterocycles. The Kier molecular flexibility index (Phi) is 3.26. The topological polar surface area (TPSA) is 0 Å². The van der Waals surface area contributed by atoms with Gasteiger partial charge in [0.05, 0.1) is 0 Å². The summed E-state index contributed by atoms with van der Waals surface area (Å²) in [6.45, 7) is 4.99. The van der Waals surface area contributed by atoms with Crippen molar-refractivity contribution in [1.29, 1.82) is 0 Å². The molecule has 1 heteroatoms. The summed E-state index contributed by atoms with van der Waals surface area (Å²) < 4.78 is 0. The van der Waals surface area contributed by atoms with E-state index in [0.717, 1.165) is 23.2 Å². The predicted molar refractivity (Wildman–Crippen MR) is 77.4 cm³/mol. The maximum atomic E-state index is 2.50. The molecule has 4 atom stereocenters. The van der Waals surface area contributed by atoms with Crippen LogP contribution in [0.1, 0.15) is 39.5 Å². The minimum absolute atomic E-state index is 0.117. The first-order valence-corrected chi connectivity index (χ1v) is 8.59. The fourth-order valence-electron chi connectivity index (χ4n) is 3.88. The summed E-state index contributed by atoms with van der Waals surface area (Å²) >= 11 is 0. The molecule has 0 nitrogen and oxygen atoms in total. The summed E-state index contributed by atoms with van der Waals surface area (Å²) in [6.07, 6.45) is 5.93. The average Bonchev–Trinajstić information content (AvgIpc) is 2.37. The molecule has 0 aliphatic carbocycles. The van der Waals surface area contributed by atoms with Crippen molar-refractivity contribution < 1.29 is 0 Å². The summed E-state index contributed by atoms with van der Waals surface area (Å²) in [5.74, 6) is 1.93. The van der Waals surface area contributed by atoms with Gasteiger partial charge >= 0.3 is 0 Å². The van der Waals surface area contributed by atoms with Gasteiger partial charge < -0.3 is 0 Å². The summed E-state index contributed by atoms with van der Waals surface area (Å²) in [4.78, 5) is 0. The molecule has 3 rings (SSSR count). The van der Waals surface area contributed by atoms with Crippen LogP contribution in [0.15, 0.2) is 30.3 Å². The molecule has 0 aromatic heterocycles. The Morgan fingerprint density at radius 2 is 1.35 bits per heavy atom. The van der Waals surface area contributed by atoms with Crippen LogP contribution in [0.5, 0.6) is 0 Å². The molecular formula is C16H23P. The Labute approximate surface area is 107 Å². The van der Waals surface area contributed by atoms with E-state index >= 15 is 0 Å². The molecule has 0 spiro atoms. The first-order valence-electron chi connectivity index (χ1n) is 7.11. The minimum Gasteiger partial charge on any atom is -0.0684 e. The van der Waals surface area contributed by atoms with Crippen molar-refractivity contribution in [2.75, 3.05) is 0 Å². The zero-order chi connectivity index (χ0) is 11.8. The Bertz CT molecular complexity index is 354. The van der Waals surface area contributed by atoms with Gasteiger partial charge in [0.2, 0.25) is 0 Å². The van der Waals surface area contributed by atoms with Gasteiger partial charge in [-0.3, -0.25) is 0 Å². The molecule has 2 bridgehead atoms. The van der Waals surface area contributed by atoms with E-state index < -0.39 is 0 Å². The van der Waals surface area contributed by atoms with Gasteiger partial charge in [-0.2, -0.15) is 0 Å². The van der Waals surface area contributed by atoms with E-state index in [1.807, 2.05) is 0 Å². The second-order valence-corrected chi connectivity index (χ2v) is 8.64. The van der Waals surface area contributed by atoms with Crippen molar-refractivity contribution in [2.45, 2.75) is 50.8 Å². The second-order valence-electron chi connectivity index (χ2n) is 5.99. The fourth-order valence-corrected chi connectivity index (χ4v) is 7.90. The van der Waals surface area contributed by atoms with E-state index in [-0.39, 0.29) is 7.92 Å². The summed E-state index contributed by atoms with van der Waals surface area (Å²) in [5.41, 5.74) is 2.03. The van der Waals surface area contributed by atoms with Crippen LogP contribution in [-0.2, 0) is 0 Å². The molecular weight excluding hydrogens is 223 g/mol. The number of fused-ring (bicyclic) bond motifs is 2. The molecule has 2 aliphatic rings. The lowest BCUT2D eigenvalue weighted by Crippen LogP contribution is -2.39. The third-order valence-corrected chi connectivity index (χ3v) is 8.78. The van der Waals surface area contributed by atoms with E-state index in [9.17, 15) is 0 Å². The first kappa shape index (κ1) is 11.7. The van der Waals surface area contributed by atoms with Crippen molar-refractivity contribution >= 4 is 13.2 Å². The van der Waals surface area contributed by atoms with Crippen molar-refractivity contribution in [1.82, 2.24) is 0 Å². The maximum Gasteiger partial charge on any atom is -0.0141 e. The van der Waals surface area contributed by atoms with Gasteiger partial charge in [-0.15, -0.1) is 0 Å². The van der Waals surface area contributed by atoms with Gasteiger partial charge in [-0.25, -0.2) is 0 Å². The van der Waals surface area contributed by atoms with E-state index in [1.165, 1.54) is 25.7 Å². The Balaban J connectivity index is 1.95. The predicted octanol–water partition coefficient (Wildman–Crippen LogP) is 4.39. The molecule has 0 amide bonds. The van der Waals surface area contributed by atoms with Gasteiger partial charge in [0.25, 0.3) is 0 Å². The van der Waals surface area contributed by atoms with Crippen LogP contribution >= 0.6 is 7.92 Å². The monoisotopic (exact) mass is 246 g/mol. The van der Waals surface area contributed by atoms with Crippen LogP contribution in [0.3, 0.4) is 0 Å². The molecule has 2 fully saturated rings. The van der Waals surface area contributed by atoms with Crippen LogP contribution in [0.2, 0.25) is 0 Å². The van der Waals surface area contributed by atoms with Gasteiger partial charge in [-0.05, 0) is 54.1 Å². The summed E-state index contributed by atoms with van der Waals surface area (Å²) in [6, 6.07) is 11.4. The molecule has 17 heavy (non-hydrogen) atoms. The standard InChI is InChI=1S/C16H23P/c1-12-8-10-16-13(2)9-11-15(12)17(16)14-6-4-3-5-7-14/h3-7,12-13,15-16H,8-11H2,1-2H3/t12-,13-,15+,16+/m1/s1. The zero-order valence-electron chi connectivity index (χ0n) is 11.0. The lowest BCUT2D eigenvalue weighted by Gasteiger charge is -2.49. The van der Waals surface area contributed by atoms with Crippen molar-refractivity contribution in [2.24, 2.45) is 11.8 Å². The third-order valence-electron chi connectivity index (χ3n) is 4.92. The number of rotatable bonds is 1. The molecule has 2 aliphatic heterocycles. The molecule has 92 valence electrons. The van der Waals surface area contributed by atoms with E-state index in [0.29, 0.717) is 0 Å². The fraction of sp³-hybridized carbons (Fsp3) is 0.625. The molecule has 0 radical (unpaired) electrons. The minimum atomic E-state index is 0.117. The number of benzene rings is 1. The normalized spacial score (nSPS) is 41.2. The highest BCUT2D eigenvalue weighted by atomic mass is 31.1. The average molecular weight is 246 g/mol. The van der Waals surface area contributed by atoms with Gasteiger partial charge in [0.1, 0.15) is 0 Å². The van der Waals surface area contributed by atoms with Crippen LogP contribution in [-0.4, -0.2) is 11.3 Å². The Morgan fingerprint density at radius 3 is 1.88 bits per heavy atom. The van der Waals surface area contributed by atoms with Gasteiger partial charge in [0, 0.05) is 0 Å². The van der Waals surface area contributed by atoms with Gasteiger partial charge in [-0.1, -0.05) is 52.1 Å².